The van der Waals surface area contributed by atoms with Crippen molar-refractivity contribution in [2.45, 2.75) is 12.5 Å². The van der Waals surface area contributed by atoms with Crippen molar-refractivity contribution in [3.63, 3.8) is 0 Å². The lowest BCUT2D eigenvalue weighted by molar-refractivity contribution is 0.171. The minimum Gasteiger partial charge on any atom is -0.508 e. The van der Waals surface area contributed by atoms with Gasteiger partial charge in [-0.1, -0.05) is 24.3 Å². The van der Waals surface area contributed by atoms with Crippen molar-refractivity contribution in [3.05, 3.63) is 53.6 Å². The molecule has 0 aromatic heterocycles. The first kappa shape index (κ1) is 20.1. The van der Waals surface area contributed by atoms with Gasteiger partial charge in [-0.05, 0) is 36.7 Å². The zero-order valence-corrected chi connectivity index (χ0v) is 14.7. The molecule has 0 aliphatic heterocycles. The Hall–Kier alpha value is -1.95. The Balaban J connectivity index is 0.00000288. The number of ether oxygens (including phenoxy) is 2. The third kappa shape index (κ3) is 5.30. The van der Waals surface area contributed by atoms with Crippen molar-refractivity contribution in [1.29, 1.82) is 0 Å². The van der Waals surface area contributed by atoms with E-state index >= 15 is 0 Å². The average Bonchev–Trinajstić information content (AvgIpc) is 2.58. The van der Waals surface area contributed by atoms with Gasteiger partial charge in [0.2, 0.25) is 0 Å². The van der Waals surface area contributed by atoms with Gasteiger partial charge in [0, 0.05) is 12.1 Å². The van der Waals surface area contributed by atoms with E-state index in [0.29, 0.717) is 30.2 Å². The quantitative estimate of drug-likeness (QED) is 0.636. The van der Waals surface area contributed by atoms with Gasteiger partial charge in [-0.25, -0.2) is 0 Å². The second-order valence-corrected chi connectivity index (χ2v) is 5.22. The summed E-state index contributed by atoms with van der Waals surface area (Å²) in [6, 6.07) is 12.6. The molecule has 0 fully saturated rings. The van der Waals surface area contributed by atoms with E-state index in [-0.39, 0.29) is 18.2 Å². The number of hydrogen-bond acceptors (Lipinski definition) is 5. The highest BCUT2D eigenvalue weighted by Crippen LogP contribution is 2.27. The lowest BCUT2D eigenvalue weighted by Gasteiger charge is -2.14. The minimum atomic E-state index is -0.735. The van der Waals surface area contributed by atoms with Gasteiger partial charge in [-0.15, -0.1) is 12.4 Å². The number of aliphatic hydroxyl groups is 1. The topological polar surface area (TPSA) is 71.0 Å². The molecule has 0 saturated carbocycles. The van der Waals surface area contributed by atoms with Gasteiger partial charge in [0.15, 0.2) is 11.5 Å². The van der Waals surface area contributed by atoms with Crippen LogP contribution in [0.5, 0.6) is 17.2 Å². The van der Waals surface area contributed by atoms with Crippen LogP contribution in [0.1, 0.15) is 17.2 Å². The van der Waals surface area contributed by atoms with Crippen LogP contribution in [0.25, 0.3) is 0 Å². The standard InChI is InChI=1S/C18H23NO4.ClH/c1-22-17-8-7-13(11-18(17)23-2)9-10-19-12-16(21)14-5-3-4-6-15(14)20;/h3-8,11,16,19-21H,9-10,12H2,1-2H3;1H. The van der Waals surface area contributed by atoms with E-state index in [1.54, 1.807) is 38.5 Å². The van der Waals surface area contributed by atoms with Crippen LogP contribution in [-0.4, -0.2) is 37.5 Å². The summed E-state index contributed by atoms with van der Waals surface area (Å²) in [7, 11) is 3.22. The van der Waals surface area contributed by atoms with Gasteiger partial charge < -0.3 is 25.0 Å². The Morgan fingerprint density at radius 2 is 1.75 bits per heavy atom. The summed E-state index contributed by atoms with van der Waals surface area (Å²) in [6.07, 6.45) is 0.0648. The van der Waals surface area contributed by atoms with Gasteiger partial charge in [-0.3, -0.25) is 0 Å². The first-order valence-corrected chi connectivity index (χ1v) is 7.53. The molecule has 0 amide bonds. The number of rotatable bonds is 8. The molecule has 0 heterocycles. The first-order chi connectivity index (χ1) is 11.2. The summed E-state index contributed by atoms with van der Waals surface area (Å²) in [4.78, 5) is 0. The fourth-order valence-corrected chi connectivity index (χ4v) is 2.39. The molecule has 132 valence electrons. The van der Waals surface area contributed by atoms with Crippen LogP contribution in [0.15, 0.2) is 42.5 Å². The number of methoxy groups -OCH3 is 2. The molecule has 0 bridgehead atoms. The zero-order chi connectivity index (χ0) is 16.7. The van der Waals surface area contributed by atoms with E-state index in [1.807, 2.05) is 18.2 Å². The fraction of sp³-hybridized carbons (Fsp3) is 0.333. The van der Waals surface area contributed by atoms with Crippen LogP contribution in [0.3, 0.4) is 0 Å². The van der Waals surface area contributed by atoms with E-state index in [1.165, 1.54) is 0 Å². The number of halogens is 1. The van der Waals surface area contributed by atoms with Crippen LogP contribution in [0.4, 0.5) is 0 Å². The molecule has 24 heavy (non-hydrogen) atoms. The lowest BCUT2D eigenvalue weighted by Crippen LogP contribution is -2.23. The van der Waals surface area contributed by atoms with Crippen LogP contribution in [0, 0.1) is 0 Å². The Bertz CT molecular complexity index is 636. The first-order valence-electron chi connectivity index (χ1n) is 7.53. The second-order valence-electron chi connectivity index (χ2n) is 5.22. The molecule has 2 rings (SSSR count). The van der Waals surface area contributed by atoms with Crippen LogP contribution >= 0.6 is 12.4 Å². The third-order valence-corrected chi connectivity index (χ3v) is 3.67. The molecule has 0 radical (unpaired) electrons. The highest BCUT2D eigenvalue weighted by Gasteiger charge is 2.11. The van der Waals surface area contributed by atoms with Crippen molar-refractivity contribution in [2.24, 2.45) is 0 Å². The lowest BCUT2D eigenvalue weighted by atomic mass is 10.1. The molecule has 0 saturated heterocycles. The molecule has 3 N–H and O–H groups in total. The van der Waals surface area contributed by atoms with E-state index < -0.39 is 6.10 Å². The molecule has 0 spiro atoms. The maximum Gasteiger partial charge on any atom is 0.160 e. The number of aliphatic hydroxyl groups excluding tert-OH is 1. The molecular weight excluding hydrogens is 330 g/mol. The van der Waals surface area contributed by atoms with Crippen molar-refractivity contribution < 1.29 is 19.7 Å². The predicted molar refractivity (Wildman–Crippen MR) is 96.4 cm³/mol. The van der Waals surface area contributed by atoms with Gasteiger partial charge >= 0.3 is 0 Å². The highest BCUT2D eigenvalue weighted by atomic mass is 35.5. The van der Waals surface area contributed by atoms with Gasteiger partial charge in [0.05, 0.1) is 20.3 Å². The summed E-state index contributed by atoms with van der Waals surface area (Å²) in [5, 5.41) is 23.0. The van der Waals surface area contributed by atoms with Crippen LogP contribution in [0.2, 0.25) is 0 Å². The van der Waals surface area contributed by atoms with Gasteiger partial charge in [0.25, 0.3) is 0 Å². The number of aromatic hydroxyl groups is 1. The highest BCUT2D eigenvalue weighted by molar-refractivity contribution is 5.85. The fourth-order valence-electron chi connectivity index (χ4n) is 2.39. The summed E-state index contributed by atoms with van der Waals surface area (Å²) < 4.78 is 10.5. The minimum absolute atomic E-state index is 0. The van der Waals surface area contributed by atoms with E-state index in [9.17, 15) is 10.2 Å². The molecule has 2 aromatic rings. The van der Waals surface area contributed by atoms with Crippen molar-refractivity contribution in [2.75, 3.05) is 27.3 Å². The van der Waals surface area contributed by atoms with Crippen molar-refractivity contribution >= 4 is 12.4 Å². The molecule has 2 aromatic carbocycles. The van der Waals surface area contributed by atoms with Crippen LogP contribution in [-0.2, 0) is 6.42 Å². The van der Waals surface area contributed by atoms with Crippen LogP contribution < -0.4 is 14.8 Å². The summed E-state index contributed by atoms with van der Waals surface area (Å²) >= 11 is 0. The zero-order valence-electron chi connectivity index (χ0n) is 13.9. The van der Waals surface area contributed by atoms with Crippen molar-refractivity contribution in [3.8, 4) is 17.2 Å². The molecule has 1 atom stereocenters. The molecule has 0 aliphatic rings. The third-order valence-electron chi connectivity index (χ3n) is 3.67. The molecule has 6 heteroatoms. The maximum absolute atomic E-state index is 10.1. The number of benzene rings is 2. The number of nitrogens with one attached hydrogen (secondary N) is 1. The largest absolute Gasteiger partial charge is 0.508 e. The second kappa shape index (κ2) is 10.0. The molecule has 1 unspecified atom stereocenters. The average molecular weight is 354 g/mol. The van der Waals surface area contributed by atoms with E-state index in [2.05, 4.69) is 5.32 Å². The molecule has 5 nitrogen and oxygen atoms in total. The molecule has 0 aliphatic carbocycles. The van der Waals surface area contributed by atoms with E-state index in [0.717, 1.165) is 12.0 Å². The number of para-hydroxylation sites is 1. The predicted octanol–water partition coefficient (Wildman–Crippen LogP) is 2.70. The summed E-state index contributed by atoms with van der Waals surface area (Å²) in [6.45, 7) is 1.09. The molecular formula is C18H24ClNO4. The number of hydrogen-bond donors (Lipinski definition) is 3. The monoisotopic (exact) mass is 353 g/mol. The SMILES string of the molecule is COc1ccc(CCNCC(O)c2ccccc2O)cc1OC.Cl. The summed E-state index contributed by atoms with van der Waals surface area (Å²) in [5.74, 6) is 1.53. The maximum atomic E-state index is 10.1. The normalized spacial score (nSPS) is 11.5. The van der Waals surface area contributed by atoms with Gasteiger partial charge in [0.1, 0.15) is 5.75 Å². The van der Waals surface area contributed by atoms with E-state index in [4.69, 9.17) is 9.47 Å². The number of phenols is 1. The number of phenolic OH excluding ortho intramolecular Hbond substituents is 1. The Morgan fingerprint density at radius 3 is 2.42 bits per heavy atom. The Morgan fingerprint density at radius 1 is 1.04 bits per heavy atom. The van der Waals surface area contributed by atoms with Gasteiger partial charge in [-0.2, -0.15) is 0 Å². The Labute approximate surface area is 148 Å². The Kier molecular flexibility index (Phi) is 8.40. The van der Waals surface area contributed by atoms with Crippen molar-refractivity contribution in [1.82, 2.24) is 5.32 Å². The summed E-state index contributed by atoms with van der Waals surface area (Å²) in [5.41, 5.74) is 1.65. The smallest absolute Gasteiger partial charge is 0.160 e.